The van der Waals surface area contributed by atoms with Gasteiger partial charge in [-0.2, -0.15) is 0 Å². The highest BCUT2D eigenvalue weighted by molar-refractivity contribution is 6.03. The molecular formula is C14H18N2O3. The monoisotopic (exact) mass is 262 g/mol. The molecule has 0 fully saturated rings. The number of aliphatic carboxylic acids is 1. The van der Waals surface area contributed by atoms with Crippen molar-refractivity contribution in [1.82, 2.24) is 0 Å². The Labute approximate surface area is 112 Å². The number of nitrogens with zero attached hydrogens (tertiary/aromatic N) is 1. The summed E-state index contributed by atoms with van der Waals surface area (Å²) in [5.74, 6) is -1.49. The van der Waals surface area contributed by atoms with Crippen molar-refractivity contribution in [2.24, 2.45) is 11.7 Å². The van der Waals surface area contributed by atoms with Crippen molar-refractivity contribution in [2.45, 2.75) is 25.8 Å². The molecule has 102 valence electrons. The molecule has 5 nitrogen and oxygen atoms in total. The number of carbonyl (C=O) groups excluding carboxylic acids is 1. The van der Waals surface area contributed by atoms with E-state index >= 15 is 0 Å². The third kappa shape index (κ3) is 2.33. The van der Waals surface area contributed by atoms with Crippen molar-refractivity contribution < 1.29 is 14.7 Å². The van der Waals surface area contributed by atoms with E-state index in [-0.39, 0.29) is 18.4 Å². The minimum absolute atomic E-state index is 0.192. The largest absolute Gasteiger partial charge is 0.480 e. The number of carbonyl (C=O) groups is 2. The maximum atomic E-state index is 12.5. The minimum Gasteiger partial charge on any atom is -0.480 e. The third-order valence-electron chi connectivity index (χ3n) is 3.63. The van der Waals surface area contributed by atoms with Gasteiger partial charge in [-0.3, -0.25) is 9.69 Å². The molecule has 0 aliphatic carbocycles. The Kier molecular flexibility index (Phi) is 3.85. The number of para-hydroxylation sites is 1. The zero-order chi connectivity index (χ0) is 14.0. The van der Waals surface area contributed by atoms with Gasteiger partial charge >= 0.3 is 5.97 Å². The van der Waals surface area contributed by atoms with Gasteiger partial charge in [0, 0.05) is 18.7 Å². The van der Waals surface area contributed by atoms with Crippen LogP contribution in [-0.2, 0) is 16.0 Å². The molecule has 1 amide bonds. The van der Waals surface area contributed by atoms with E-state index in [1.807, 2.05) is 25.1 Å². The van der Waals surface area contributed by atoms with Gasteiger partial charge in [0.15, 0.2) is 0 Å². The summed E-state index contributed by atoms with van der Waals surface area (Å²) in [6, 6.07) is 6.51. The molecule has 2 rings (SSSR count). The van der Waals surface area contributed by atoms with Gasteiger partial charge in [-0.05, 0) is 18.1 Å². The van der Waals surface area contributed by atoms with Gasteiger partial charge < -0.3 is 10.8 Å². The Bertz CT molecular complexity index is 497. The summed E-state index contributed by atoms with van der Waals surface area (Å²) in [5, 5.41) is 9.31. The van der Waals surface area contributed by atoms with Crippen LogP contribution >= 0.6 is 0 Å². The lowest BCUT2D eigenvalue weighted by atomic mass is 10.0. The van der Waals surface area contributed by atoms with Gasteiger partial charge in [-0.15, -0.1) is 0 Å². The maximum absolute atomic E-state index is 12.5. The lowest BCUT2D eigenvalue weighted by Crippen LogP contribution is -2.47. The molecule has 0 saturated carbocycles. The highest BCUT2D eigenvalue weighted by atomic mass is 16.4. The fraction of sp³-hybridized carbons (Fsp3) is 0.429. The van der Waals surface area contributed by atoms with Crippen LogP contribution < -0.4 is 10.6 Å². The molecule has 2 atom stereocenters. The number of carboxylic acid groups (broad SMARTS) is 1. The van der Waals surface area contributed by atoms with E-state index in [1.165, 1.54) is 4.90 Å². The zero-order valence-corrected chi connectivity index (χ0v) is 10.9. The quantitative estimate of drug-likeness (QED) is 0.848. The Hall–Kier alpha value is -1.88. The third-order valence-corrected chi connectivity index (χ3v) is 3.63. The van der Waals surface area contributed by atoms with Crippen LogP contribution in [0, 0.1) is 5.92 Å². The number of anilines is 1. The molecule has 1 aliphatic rings. The van der Waals surface area contributed by atoms with E-state index in [4.69, 9.17) is 5.73 Å². The van der Waals surface area contributed by atoms with Gasteiger partial charge in [0.25, 0.3) is 0 Å². The van der Waals surface area contributed by atoms with Crippen molar-refractivity contribution in [2.75, 3.05) is 11.4 Å². The van der Waals surface area contributed by atoms with E-state index in [0.29, 0.717) is 18.5 Å². The van der Waals surface area contributed by atoms with E-state index < -0.39 is 12.0 Å². The fourth-order valence-corrected chi connectivity index (χ4v) is 2.49. The van der Waals surface area contributed by atoms with E-state index in [0.717, 1.165) is 5.56 Å². The zero-order valence-electron chi connectivity index (χ0n) is 10.9. The predicted octanol–water partition coefficient (Wildman–Crippen LogP) is 1.01. The molecule has 3 N–H and O–H groups in total. The molecule has 0 radical (unpaired) electrons. The van der Waals surface area contributed by atoms with Crippen LogP contribution in [0.2, 0.25) is 0 Å². The SMILES string of the molecule is CCC(CN)C(=O)N1c2ccccc2C[C@H]1C(=O)O. The van der Waals surface area contributed by atoms with Crippen LogP contribution in [-0.4, -0.2) is 29.6 Å². The summed E-state index contributed by atoms with van der Waals surface area (Å²) in [4.78, 5) is 25.2. The van der Waals surface area contributed by atoms with Crippen molar-refractivity contribution in [3.63, 3.8) is 0 Å². The van der Waals surface area contributed by atoms with Crippen molar-refractivity contribution in [3.05, 3.63) is 29.8 Å². The normalized spacial score (nSPS) is 19.1. The van der Waals surface area contributed by atoms with Crippen LogP contribution in [0.3, 0.4) is 0 Å². The number of benzene rings is 1. The molecule has 1 aromatic carbocycles. The Morgan fingerprint density at radius 2 is 2.16 bits per heavy atom. The van der Waals surface area contributed by atoms with E-state index in [1.54, 1.807) is 6.07 Å². The van der Waals surface area contributed by atoms with Gasteiger partial charge in [-0.1, -0.05) is 25.1 Å². The number of nitrogens with two attached hydrogens (primary N) is 1. The first-order valence-electron chi connectivity index (χ1n) is 6.44. The second-order valence-corrected chi connectivity index (χ2v) is 4.74. The summed E-state index contributed by atoms with van der Waals surface area (Å²) in [6.45, 7) is 2.12. The molecule has 5 heteroatoms. The summed E-state index contributed by atoms with van der Waals surface area (Å²) in [5.41, 5.74) is 7.20. The summed E-state index contributed by atoms with van der Waals surface area (Å²) >= 11 is 0. The molecule has 19 heavy (non-hydrogen) atoms. The van der Waals surface area contributed by atoms with Crippen LogP contribution in [0.15, 0.2) is 24.3 Å². The van der Waals surface area contributed by atoms with Gasteiger partial charge in [-0.25, -0.2) is 4.79 Å². The van der Waals surface area contributed by atoms with Gasteiger partial charge in [0.2, 0.25) is 5.91 Å². The second-order valence-electron chi connectivity index (χ2n) is 4.74. The van der Waals surface area contributed by atoms with Gasteiger partial charge in [0.1, 0.15) is 6.04 Å². The molecule has 1 aliphatic heterocycles. The molecule has 1 unspecified atom stereocenters. The molecule has 0 spiro atoms. The fourth-order valence-electron chi connectivity index (χ4n) is 2.49. The number of rotatable bonds is 4. The summed E-state index contributed by atoms with van der Waals surface area (Å²) in [7, 11) is 0. The van der Waals surface area contributed by atoms with E-state index in [2.05, 4.69) is 0 Å². The summed E-state index contributed by atoms with van der Waals surface area (Å²) < 4.78 is 0. The number of amides is 1. The smallest absolute Gasteiger partial charge is 0.327 e. The summed E-state index contributed by atoms with van der Waals surface area (Å²) in [6.07, 6.45) is 0.971. The highest BCUT2D eigenvalue weighted by Crippen LogP contribution is 2.33. The first-order valence-corrected chi connectivity index (χ1v) is 6.44. The highest BCUT2D eigenvalue weighted by Gasteiger charge is 2.39. The van der Waals surface area contributed by atoms with Crippen LogP contribution in [0.5, 0.6) is 0 Å². The Morgan fingerprint density at radius 3 is 2.74 bits per heavy atom. The molecule has 0 bridgehead atoms. The maximum Gasteiger partial charge on any atom is 0.327 e. The van der Waals surface area contributed by atoms with Crippen LogP contribution in [0.4, 0.5) is 5.69 Å². The average molecular weight is 262 g/mol. The standard InChI is InChI=1S/C14H18N2O3/c1-2-9(8-15)13(17)16-11-6-4-3-5-10(11)7-12(16)14(18)19/h3-6,9,12H,2,7-8,15H2,1H3,(H,18,19)/t9?,12-/m0/s1. The first kappa shape index (κ1) is 13.5. The average Bonchev–Trinajstić information content (AvgIpc) is 2.79. The van der Waals surface area contributed by atoms with E-state index in [9.17, 15) is 14.7 Å². The van der Waals surface area contributed by atoms with Crippen molar-refractivity contribution in [3.8, 4) is 0 Å². The molecule has 0 saturated heterocycles. The van der Waals surface area contributed by atoms with Crippen LogP contribution in [0.25, 0.3) is 0 Å². The minimum atomic E-state index is -0.976. The van der Waals surface area contributed by atoms with Crippen LogP contribution in [0.1, 0.15) is 18.9 Å². The first-order chi connectivity index (χ1) is 9.10. The Morgan fingerprint density at radius 1 is 1.47 bits per heavy atom. The molecule has 1 heterocycles. The number of carboxylic acids is 1. The molecular weight excluding hydrogens is 244 g/mol. The van der Waals surface area contributed by atoms with Gasteiger partial charge in [0.05, 0.1) is 5.92 Å². The number of hydrogen-bond donors (Lipinski definition) is 2. The predicted molar refractivity (Wildman–Crippen MR) is 71.9 cm³/mol. The Balaban J connectivity index is 2.39. The lowest BCUT2D eigenvalue weighted by molar-refractivity contribution is -0.140. The van der Waals surface area contributed by atoms with Crippen molar-refractivity contribution >= 4 is 17.6 Å². The second kappa shape index (κ2) is 5.40. The number of fused-ring (bicyclic) bond motifs is 1. The molecule has 0 aromatic heterocycles. The molecule has 1 aromatic rings. The lowest BCUT2D eigenvalue weighted by Gasteiger charge is -2.26. The van der Waals surface area contributed by atoms with Crippen molar-refractivity contribution in [1.29, 1.82) is 0 Å². The number of hydrogen-bond acceptors (Lipinski definition) is 3. The topological polar surface area (TPSA) is 83.6 Å².